The lowest BCUT2D eigenvalue weighted by molar-refractivity contribution is -0.127. The molecule has 0 aliphatic heterocycles. The lowest BCUT2D eigenvalue weighted by Crippen LogP contribution is -2.28. The summed E-state index contributed by atoms with van der Waals surface area (Å²) in [5.41, 5.74) is 0.937. The molecule has 0 unspecified atom stereocenters. The van der Waals surface area contributed by atoms with Crippen LogP contribution in [-0.4, -0.2) is 38.4 Å². The van der Waals surface area contributed by atoms with Crippen molar-refractivity contribution in [1.29, 1.82) is 0 Å². The Bertz CT molecular complexity index is 879. The molecule has 5 nitrogen and oxygen atoms in total. The van der Waals surface area contributed by atoms with E-state index in [1.807, 2.05) is 46.3 Å². The van der Waals surface area contributed by atoms with E-state index < -0.39 is 0 Å². The van der Waals surface area contributed by atoms with Gasteiger partial charge in [0.05, 0.1) is 10.6 Å². The summed E-state index contributed by atoms with van der Waals surface area (Å²) in [5, 5.41) is 12.0. The standard InChI is InChI=1S/C18H19ClN4OS2/c1-3-23-17(15-9-6-10-25-15)20-21-18(23)26-12-16(24)22(2)11-13-7-4-5-8-14(13)19/h4-10H,3,11-12H2,1-2H3. The zero-order valence-corrected chi connectivity index (χ0v) is 16.9. The molecule has 136 valence electrons. The van der Waals surface area contributed by atoms with Gasteiger partial charge in [0.2, 0.25) is 5.91 Å². The first kappa shape index (κ1) is 18.9. The maximum absolute atomic E-state index is 12.5. The maximum Gasteiger partial charge on any atom is 0.233 e. The number of thiophene rings is 1. The van der Waals surface area contributed by atoms with Crippen molar-refractivity contribution in [2.45, 2.75) is 25.2 Å². The number of hydrogen-bond donors (Lipinski definition) is 0. The van der Waals surface area contributed by atoms with Gasteiger partial charge < -0.3 is 9.47 Å². The Morgan fingerprint density at radius 1 is 1.27 bits per heavy atom. The van der Waals surface area contributed by atoms with Crippen molar-refractivity contribution in [2.24, 2.45) is 0 Å². The number of rotatable bonds is 7. The first-order valence-electron chi connectivity index (χ1n) is 8.17. The molecule has 3 aromatic rings. The van der Waals surface area contributed by atoms with Crippen molar-refractivity contribution in [3.8, 4) is 10.7 Å². The minimum absolute atomic E-state index is 0.0262. The van der Waals surface area contributed by atoms with Crippen molar-refractivity contribution in [2.75, 3.05) is 12.8 Å². The van der Waals surface area contributed by atoms with Crippen LogP contribution in [0, 0.1) is 0 Å². The van der Waals surface area contributed by atoms with E-state index in [4.69, 9.17) is 11.6 Å². The maximum atomic E-state index is 12.5. The number of nitrogens with zero attached hydrogens (tertiary/aromatic N) is 4. The molecule has 2 aromatic heterocycles. The normalized spacial score (nSPS) is 10.9. The second-order valence-electron chi connectivity index (χ2n) is 5.66. The highest BCUT2D eigenvalue weighted by molar-refractivity contribution is 7.99. The quantitative estimate of drug-likeness (QED) is 0.544. The molecule has 1 aromatic carbocycles. The van der Waals surface area contributed by atoms with Crippen LogP contribution in [0.15, 0.2) is 46.9 Å². The average molecular weight is 407 g/mol. The highest BCUT2D eigenvalue weighted by Gasteiger charge is 2.17. The van der Waals surface area contributed by atoms with E-state index >= 15 is 0 Å². The van der Waals surface area contributed by atoms with Crippen molar-refractivity contribution in [3.63, 3.8) is 0 Å². The Labute approximate surface area is 166 Å². The summed E-state index contributed by atoms with van der Waals surface area (Å²) in [4.78, 5) is 15.2. The predicted molar refractivity (Wildman–Crippen MR) is 108 cm³/mol. The second-order valence-corrected chi connectivity index (χ2v) is 7.96. The van der Waals surface area contributed by atoms with Crippen molar-refractivity contribution >= 4 is 40.6 Å². The Hall–Kier alpha value is -1.83. The fourth-order valence-electron chi connectivity index (χ4n) is 2.48. The van der Waals surface area contributed by atoms with Crippen LogP contribution in [0.4, 0.5) is 0 Å². The van der Waals surface area contributed by atoms with E-state index in [0.717, 1.165) is 28.0 Å². The van der Waals surface area contributed by atoms with Gasteiger partial charge in [-0.2, -0.15) is 0 Å². The summed E-state index contributed by atoms with van der Waals surface area (Å²) in [5.74, 6) is 1.18. The van der Waals surface area contributed by atoms with E-state index in [2.05, 4.69) is 17.1 Å². The molecule has 2 heterocycles. The van der Waals surface area contributed by atoms with Gasteiger partial charge in [-0.3, -0.25) is 4.79 Å². The van der Waals surface area contributed by atoms with Gasteiger partial charge in [0.25, 0.3) is 0 Å². The summed E-state index contributed by atoms with van der Waals surface area (Å²) in [7, 11) is 1.79. The first-order chi connectivity index (χ1) is 12.6. The highest BCUT2D eigenvalue weighted by Crippen LogP contribution is 2.27. The van der Waals surface area contributed by atoms with Gasteiger partial charge in [-0.15, -0.1) is 21.5 Å². The van der Waals surface area contributed by atoms with E-state index in [1.165, 1.54) is 11.8 Å². The Kier molecular flexibility index (Phi) is 6.34. The highest BCUT2D eigenvalue weighted by atomic mass is 35.5. The van der Waals surface area contributed by atoms with E-state index in [0.29, 0.717) is 17.3 Å². The summed E-state index contributed by atoms with van der Waals surface area (Å²) < 4.78 is 2.04. The molecular formula is C18H19ClN4OS2. The van der Waals surface area contributed by atoms with Crippen LogP contribution < -0.4 is 0 Å². The molecule has 0 bridgehead atoms. The molecule has 0 N–H and O–H groups in total. The van der Waals surface area contributed by atoms with E-state index in [9.17, 15) is 4.79 Å². The Morgan fingerprint density at radius 3 is 2.77 bits per heavy atom. The van der Waals surface area contributed by atoms with Crippen molar-refractivity contribution < 1.29 is 4.79 Å². The molecule has 26 heavy (non-hydrogen) atoms. The van der Waals surface area contributed by atoms with Gasteiger partial charge in [-0.1, -0.05) is 47.6 Å². The number of thioether (sulfide) groups is 1. The molecule has 0 aliphatic rings. The van der Waals surface area contributed by atoms with Crippen LogP contribution in [0.25, 0.3) is 10.7 Å². The van der Waals surface area contributed by atoms with Gasteiger partial charge in [-0.05, 0) is 30.0 Å². The predicted octanol–water partition coefficient (Wildman–Crippen LogP) is 4.43. The molecule has 0 radical (unpaired) electrons. The fourth-order valence-corrected chi connectivity index (χ4v) is 4.33. The van der Waals surface area contributed by atoms with Crippen LogP contribution in [0.3, 0.4) is 0 Å². The van der Waals surface area contributed by atoms with Gasteiger partial charge in [0.1, 0.15) is 0 Å². The fraction of sp³-hybridized carbons (Fsp3) is 0.278. The van der Waals surface area contributed by atoms with Crippen molar-refractivity contribution in [1.82, 2.24) is 19.7 Å². The Balaban J connectivity index is 1.63. The van der Waals surface area contributed by atoms with Gasteiger partial charge in [0.15, 0.2) is 11.0 Å². The smallest absolute Gasteiger partial charge is 0.233 e. The molecule has 0 fully saturated rings. The third kappa shape index (κ3) is 4.28. The molecule has 0 saturated carbocycles. The summed E-state index contributed by atoms with van der Waals surface area (Å²) in [6.45, 7) is 3.29. The van der Waals surface area contributed by atoms with Crippen LogP contribution in [0.1, 0.15) is 12.5 Å². The topological polar surface area (TPSA) is 51.0 Å². The number of benzene rings is 1. The number of hydrogen-bond acceptors (Lipinski definition) is 5. The molecule has 3 rings (SSSR count). The third-order valence-corrected chi connectivity index (χ3v) is 6.08. The van der Waals surface area contributed by atoms with Gasteiger partial charge in [0, 0.05) is 25.2 Å². The third-order valence-electron chi connectivity index (χ3n) is 3.89. The number of amides is 1. The zero-order chi connectivity index (χ0) is 18.5. The first-order valence-corrected chi connectivity index (χ1v) is 10.4. The summed E-state index contributed by atoms with van der Waals surface area (Å²) in [6, 6.07) is 11.6. The van der Waals surface area contributed by atoms with Crippen LogP contribution in [-0.2, 0) is 17.9 Å². The van der Waals surface area contributed by atoms with E-state index in [1.54, 1.807) is 23.3 Å². The molecule has 0 spiro atoms. The molecule has 0 saturated heterocycles. The molecule has 8 heteroatoms. The molecule has 0 aliphatic carbocycles. The number of carbonyl (C=O) groups excluding carboxylic acids is 1. The van der Waals surface area contributed by atoms with Crippen molar-refractivity contribution in [3.05, 3.63) is 52.4 Å². The van der Waals surface area contributed by atoms with Gasteiger partial charge >= 0.3 is 0 Å². The monoisotopic (exact) mass is 406 g/mol. The summed E-state index contributed by atoms with van der Waals surface area (Å²) >= 11 is 9.21. The van der Waals surface area contributed by atoms with Crippen LogP contribution in [0.2, 0.25) is 5.02 Å². The largest absolute Gasteiger partial charge is 0.341 e. The number of halogens is 1. The summed E-state index contributed by atoms with van der Waals surface area (Å²) in [6.07, 6.45) is 0. The molecule has 0 atom stereocenters. The minimum atomic E-state index is 0.0262. The average Bonchev–Trinajstić information content (AvgIpc) is 3.30. The number of aromatic nitrogens is 3. The lowest BCUT2D eigenvalue weighted by Gasteiger charge is -2.17. The lowest BCUT2D eigenvalue weighted by atomic mass is 10.2. The molecular weight excluding hydrogens is 388 g/mol. The Morgan fingerprint density at radius 2 is 2.08 bits per heavy atom. The molecule has 1 amide bonds. The SMILES string of the molecule is CCn1c(SCC(=O)N(C)Cc2ccccc2Cl)nnc1-c1cccs1. The second kappa shape index (κ2) is 8.70. The van der Waals surface area contributed by atoms with Crippen LogP contribution >= 0.6 is 34.7 Å². The minimum Gasteiger partial charge on any atom is -0.341 e. The van der Waals surface area contributed by atoms with E-state index in [-0.39, 0.29) is 5.91 Å². The number of carbonyl (C=O) groups is 1. The van der Waals surface area contributed by atoms with Crippen LogP contribution in [0.5, 0.6) is 0 Å². The van der Waals surface area contributed by atoms with Gasteiger partial charge in [-0.25, -0.2) is 0 Å². The zero-order valence-electron chi connectivity index (χ0n) is 14.6.